The molecule has 0 heterocycles. The zero-order chi connectivity index (χ0) is 31.2. The molecular formula is C31H35Cl2N3O5S. The van der Waals surface area contributed by atoms with Crippen molar-refractivity contribution in [3.63, 3.8) is 0 Å². The molecule has 42 heavy (non-hydrogen) atoms. The van der Waals surface area contributed by atoms with E-state index in [1.165, 1.54) is 24.0 Å². The number of amides is 2. The van der Waals surface area contributed by atoms with E-state index in [0.29, 0.717) is 21.2 Å². The highest BCUT2D eigenvalue weighted by atomic mass is 35.5. The summed E-state index contributed by atoms with van der Waals surface area (Å²) in [6.45, 7) is 6.07. The van der Waals surface area contributed by atoms with Gasteiger partial charge in [-0.15, -0.1) is 0 Å². The fourth-order valence-corrected chi connectivity index (χ4v) is 5.71. The Balaban J connectivity index is 2.14. The van der Waals surface area contributed by atoms with E-state index in [1.54, 1.807) is 30.3 Å². The van der Waals surface area contributed by atoms with Crippen molar-refractivity contribution in [1.29, 1.82) is 0 Å². The van der Waals surface area contributed by atoms with Crippen molar-refractivity contribution >= 4 is 56.5 Å². The summed E-state index contributed by atoms with van der Waals surface area (Å²) in [6.07, 6.45) is 1.12. The fraction of sp³-hybridized carbons (Fsp3) is 0.323. The molecule has 3 rings (SSSR count). The van der Waals surface area contributed by atoms with E-state index in [2.05, 4.69) is 5.32 Å². The Bertz CT molecular complexity index is 1540. The second kappa shape index (κ2) is 13.7. The van der Waals surface area contributed by atoms with E-state index in [4.69, 9.17) is 23.2 Å². The average Bonchev–Trinajstić information content (AvgIpc) is 2.89. The van der Waals surface area contributed by atoms with Gasteiger partial charge in [0.1, 0.15) is 12.6 Å². The summed E-state index contributed by atoms with van der Waals surface area (Å²) in [6, 6.07) is 19.1. The molecule has 11 heteroatoms. The van der Waals surface area contributed by atoms with E-state index in [1.807, 2.05) is 51.1 Å². The molecule has 2 amide bonds. The summed E-state index contributed by atoms with van der Waals surface area (Å²) in [7, 11) is -3.99. The molecule has 0 aliphatic heterocycles. The molecule has 0 bridgehead atoms. The van der Waals surface area contributed by atoms with Crippen molar-refractivity contribution in [2.24, 2.45) is 0 Å². The van der Waals surface area contributed by atoms with E-state index in [-0.39, 0.29) is 24.4 Å². The van der Waals surface area contributed by atoms with Gasteiger partial charge in [-0.25, -0.2) is 8.42 Å². The molecule has 0 saturated heterocycles. The molecule has 3 aromatic carbocycles. The molecule has 0 fully saturated rings. The van der Waals surface area contributed by atoms with E-state index in [9.17, 15) is 22.8 Å². The highest BCUT2D eigenvalue weighted by molar-refractivity contribution is 7.92. The van der Waals surface area contributed by atoms with E-state index in [0.717, 1.165) is 16.1 Å². The summed E-state index contributed by atoms with van der Waals surface area (Å²) in [5, 5.41) is 3.55. The summed E-state index contributed by atoms with van der Waals surface area (Å²) in [4.78, 5) is 41.3. The predicted molar refractivity (Wildman–Crippen MR) is 167 cm³/mol. The first-order valence-corrected chi connectivity index (χ1v) is 15.8. The number of hydrogen-bond acceptors (Lipinski definition) is 5. The topological polar surface area (TPSA) is 104 Å². The SMILES string of the molecule is CC(=O)c1cccc(N(CC(=O)N(Cc2c(Cl)cccc2Cl)C(Cc2ccccc2)C(=O)NC(C)(C)C)S(C)(=O)=O)c1. The first kappa shape index (κ1) is 33.1. The van der Waals surface area contributed by atoms with Gasteiger partial charge in [0.2, 0.25) is 21.8 Å². The van der Waals surface area contributed by atoms with Crippen LogP contribution in [0.4, 0.5) is 5.69 Å². The molecule has 1 unspecified atom stereocenters. The van der Waals surface area contributed by atoms with Crippen molar-refractivity contribution in [2.75, 3.05) is 17.1 Å². The Morgan fingerprint density at radius 3 is 2.05 bits per heavy atom. The van der Waals surface area contributed by atoms with Gasteiger partial charge in [0.15, 0.2) is 5.78 Å². The number of hydrogen-bond donors (Lipinski definition) is 1. The smallest absolute Gasteiger partial charge is 0.244 e. The van der Waals surface area contributed by atoms with Crippen molar-refractivity contribution in [1.82, 2.24) is 10.2 Å². The third-order valence-electron chi connectivity index (χ3n) is 6.38. The van der Waals surface area contributed by atoms with Crippen molar-refractivity contribution < 1.29 is 22.8 Å². The molecule has 0 spiro atoms. The first-order chi connectivity index (χ1) is 19.6. The molecule has 3 aromatic rings. The van der Waals surface area contributed by atoms with Gasteiger partial charge in [-0.05, 0) is 57.5 Å². The molecule has 8 nitrogen and oxygen atoms in total. The number of carbonyl (C=O) groups is 3. The zero-order valence-electron chi connectivity index (χ0n) is 24.2. The Kier molecular flexibility index (Phi) is 10.8. The summed E-state index contributed by atoms with van der Waals surface area (Å²) in [5.74, 6) is -1.34. The van der Waals surface area contributed by atoms with Gasteiger partial charge in [-0.1, -0.05) is 71.7 Å². The molecule has 1 N–H and O–H groups in total. The van der Waals surface area contributed by atoms with Gasteiger partial charge in [-0.2, -0.15) is 0 Å². The Hall–Kier alpha value is -3.40. The van der Waals surface area contributed by atoms with Crippen molar-refractivity contribution in [3.8, 4) is 0 Å². The average molecular weight is 633 g/mol. The van der Waals surface area contributed by atoms with Crippen LogP contribution >= 0.6 is 23.2 Å². The number of anilines is 1. The lowest BCUT2D eigenvalue weighted by molar-refractivity contribution is -0.140. The van der Waals surface area contributed by atoms with Crippen LogP contribution in [0.2, 0.25) is 10.0 Å². The number of Topliss-reactive ketones (excluding diaryl/α,β-unsaturated/α-hetero) is 1. The lowest BCUT2D eigenvalue weighted by atomic mass is 10.0. The molecule has 0 aliphatic carbocycles. The first-order valence-electron chi connectivity index (χ1n) is 13.2. The van der Waals surface area contributed by atoms with Crippen molar-refractivity contribution in [2.45, 2.75) is 52.2 Å². The van der Waals surface area contributed by atoms with Gasteiger partial charge in [0.05, 0.1) is 11.9 Å². The number of halogens is 2. The molecule has 224 valence electrons. The molecule has 0 aliphatic rings. The maximum absolute atomic E-state index is 14.2. The minimum absolute atomic E-state index is 0.146. The molecule has 0 radical (unpaired) electrons. The van der Waals surface area contributed by atoms with Crippen LogP contribution in [-0.4, -0.2) is 55.3 Å². The quantitative estimate of drug-likeness (QED) is 0.281. The maximum Gasteiger partial charge on any atom is 0.244 e. The molecular weight excluding hydrogens is 597 g/mol. The predicted octanol–water partition coefficient (Wildman–Crippen LogP) is 5.52. The Morgan fingerprint density at radius 1 is 0.905 bits per heavy atom. The molecule has 0 aromatic heterocycles. The summed E-state index contributed by atoms with van der Waals surface area (Å²) in [5.41, 5.74) is 1.03. The van der Waals surface area contributed by atoms with Crippen LogP contribution in [0.3, 0.4) is 0 Å². The van der Waals surface area contributed by atoms with Gasteiger partial charge in [-0.3, -0.25) is 18.7 Å². The lowest BCUT2D eigenvalue weighted by Crippen LogP contribution is -2.56. The number of sulfonamides is 1. The highest BCUT2D eigenvalue weighted by Crippen LogP contribution is 2.28. The maximum atomic E-state index is 14.2. The van der Waals surface area contributed by atoms with Gasteiger partial charge < -0.3 is 10.2 Å². The van der Waals surface area contributed by atoms with E-state index < -0.39 is 40.0 Å². The molecule has 0 saturated carbocycles. The third-order valence-corrected chi connectivity index (χ3v) is 8.23. The van der Waals surface area contributed by atoms with Crippen LogP contribution in [0.25, 0.3) is 0 Å². The van der Waals surface area contributed by atoms with Crippen molar-refractivity contribution in [3.05, 3.63) is 99.5 Å². The fourth-order valence-electron chi connectivity index (χ4n) is 4.35. The van der Waals surface area contributed by atoms with Crippen LogP contribution in [0.15, 0.2) is 72.8 Å². The number of benzene rings is 3. The number of nitrogens with one attached hydrogen (secondary N) is 1. The van der Waals surface area contributed by atoms with E-state index >= 15 is 0 Å². The van der Waals surface area contributed by atoms with Gasteiger partial charge in [0.25, 0.3) is 0 Å². The van der Waals surface area contributed by atoms with Gasteiger partial charge >= 0.3 is 0 Å². The monoisotopic (exact) mass is 631 g/mol. The number of rotatable bonds is 11. The number of nitrogens with zero attached hydrogens (tertiary/aromatic N) is 2. The standard InChI is InChI=1S/C31H35Cl2N3O5S/c1-21(37)23-13-9-14-24(18-23)36(42(5,40)41)20-29(38)35(19-25-26(32)15-10-16-27(25)33)28(30(39)34-31(2,3)4)17-22-11-7-6-8-12-22/h6-16,18,28H,17,19-20H2,1-5H3,(H,34,39). The number of ketones is 1. The van der Waals surface area contributed by atoms with Crippen LogP contribution in [0, 0.1) is 0 Å². The zero-order valence-corrected chi connectivity index (χ0v) is 26.6. The summed E-state index contributed by atoms with van der Waals surface area (Å²) >= 11 is 13.0. The van der Waals surface area contributed by atoms with Gasteiger partial charge in [0, 0.05) is 39.7 Å². The second-order valence-corrected chi connectivity index (χ2v) is 13.8. The van der Waals surface area contributed by atoms with Crippen LogP contribution in [-0.2, 0) is 32.6 Å². The number of carbonyl (C=O) groups excluding carboxylic acids is 3. The highest BCUT2D eigenvalue weighted by Gasteiger charge is 2.35. The minimum atomic E-state index is -3.99. The minimum Gasteiger partial charge on any atom is -0.350 e. The molecule has 1 atom stereocenters. The van der Waals surface area contributed by atoms with Crippen LogP contribution in [0.5, 0.6) is 0 Å². The Labute approximate surface area is 257 Å². The summed E-state index contributed by atoms with van der Waals surface area (Å²) < 4.78 is 26.9. The lowest BCUT2D eigenvalue weighted by Gasteiger charge is -2.35. The normalized spacial score (nSPS) is 12.4. The third kappa shape index (κ3) is 9.05. The second-order valence-electron chi connectivity index (χ2n) is 11.0. The largest absolute Gasteiger partial charge is 0.350 e. The Morgan fingerprint density at radius 2 is 1.50 bits per heavy atom. The van der Waals surface area contributed by atoms with Crippen LogP contribution in [0.1, 0.15) is 49.2 Å². The van der Waals surface area contributed by atoms with Crippen LogP contribution < -0.4 is 9.62 Å².